The summed E-state index contributed by atoms with van der Waals surface area (Å²) in [7, 11) is 0. The molecular weight excluding hydrogens is 687 g/mol. The van der Waals surface area contributed by atoms with Gasteiger partial charge in [0.1, 0.15) is 0 Å². The first kappa shape index (κ1) is 38.2. The van der Waals surface area contributed by atoms with Crippen LogP contribution in [0.25, 0.3) is 21.5 Å². The summed E-state index contributed by atoms with van der Waals surface area (Å²) in [5.74, 6) is 6.34. The minimum atomic E-state index is -0.597. The largest absolute Gasteiger partial charge is 0.393 e. The summed E-state index contributed by atoms with van der Waals surface area (Å²) in [5.41, 5.74) is 0.952. The van der Waals surface area contributed by atoms with Gasteiger partial charge in [-0.3, -0.25) is 4.90 Å². The minimum Gasteiger partial charge on any atom is -0.393 e. The molecule has 4 heteroatoms. The maximum atomic E-state index is 12.3. The Bertz CT molecular complexity index is 1920. The van der Waals surface area contributed by atoms with E-state index >= 15 is 0 Å². The Morgan fingerprint density at radius 3 is 2.29 bits per heavy atom. The smallest absolute Gasteiger partial charge is 0.0805 e. The summed E-state index contributed by atoms with van der Waals surface area (Å²) in [6.45, 7) is 14.3. The zero-order chi connectivity index (χ0) is 38.7. The second-order valence-corrected chi connectivity index (χ2v) is 22.6. The van der Waals surface area contributed by atoms with Crippen molar-refractivity contribution in [2.75, 3.05) is 13.1 Å². The lowest BCUT2D eigenvalue weighted by atomic mass is 9.46. The lowest BCUT2D eigenvalue weighted by molar-refractivity contribution is -0.180. The van der Waals surface area contributed by atoms with Gasteiger partial charge in [0.25, 0.3) is 0 Å². The van der Waals surface area contributed by atoms with Crippen LogP contribution in [0, 0.1) is 70.0 Å². The number of aliphatic hydroxyl groups is 3. The van der Waals surface area contributed by atoms with Crippen molar-refractivity contribution in [2.24, 2.45) is 70.0 Å². The van der Waals surface area contributed by atoms with Crippen LogP contribution in [0.3, 0.4) is 0 Å². The van der Waals surface area contributed by atoms with Crippen molar-refractivity contribution in [3.63, 3.8) is 0 Å². The van der Waals surface area contributed by atoms with Gasteiger partial charge < -0.3 is 15.3 Å². The predicted octanol–water partition coefficient (Wildman–Crippen LogP) is 11.0. The van der Waals surface area contributed by atoms with Crippen molar-refractivity contribution in [3.05, 3.63) is 60.2 Å². The Kier molecular flexibility index (Phi) is 9.60. The van der Waals surface area contributed by atoms with E-state index in [1.807, 2.05) is 0 Å². The third-order valence-corrected chi connectivity index (χ3v) is 19.1. The van der Waals surface area contributed by atoms with E-state index in [0.29, 0.717) is 59.3 Å². The molecule has 0 aromatic heterocycles. The normalized spacial score (nSPS) is 45.4. The van der Waals surface area contributed by atoms with Crippen LogP contribution in [0.5, 0.6) is 0 Å². The summed E-state index contributed by atoms with van der Waals surface area (Å²) in [6, 6.07) is 21.1. The average Bonchev–Trinajstić information content (AvgIpc) is 3.75. The SMILES string of the molecule is CC(C)CCC(CC1CCC2(C1)CC1(C)C(CC2O)C(O)CC2C3CCC4C(CN5CC(C)CCC5C4(C)O)C3CC21)c1ccc2cc3ccccc3cc2c1. The Morgan fingerprint density at radius 2 is 1.50 bits per heavy atom. The third-order valence-electron chi connectivity index (χ3n) is 19.1. The molecular formula is C52H73NO3. The van der Waals surface area contributed by atoms with Crippen LogP contribution in [-0.2, 0) is 0 Å². The van der Waals surface area contributed by atoms with E-state index in [1.165, 1.54) is 78.6 Å². The quantitative estimate of drug-likeness (QED) is 0.219. The highest BCUT2D eigenvalue weighted by Crippen LogP contribution is 2.71. The van der Waals surface area contributed by atoms with Crippen molar-refractivity contribution >= 4 is 21.5 Å². The number of hydrogen-bond donors (Lipinski definition) is 3. The summed E-state index contributed by atoms with van der Waals surface area (Å²) in [4.78, 5) is 2.72. The number of aliphatic hydroxyl groups excluding tert-OH is 2. The molecule has 0 amide bonds. The summed E-state index contributed by atoms with van der Waals surface area (Å²) in [5, 5.41) is 41.9. The highest BCUT2D eigenvalue weighted by atomic mass is 16.3. The van der Waals surface area contributed by atoms with Crippen LogP contribution in [0.1, 0.15) is 136 Å². The first-order valence-electron chi connectivity index (χ1n) is 23.6. The Morgan fingerprint density at radius 1 is 0.732 bits per heavy atom. The van der Waals surface area contributed by atoms with Gasteiger partial charge in [-0.2, -0.15) is 0 Å². The van der Waals surface area contributed by atoms with Gasteiger partial charge >= 0.3 is 0 Å². The van der Waals surface area contributed by atoms with Gasteiger partial charge in [-0.25, -0.2) is 0 Å². The number of benzene rings is 3. The predicted molar refractivity (Wildman–Crippen MR) is 229 cm³/mol. The van der Waals surface area contributed by atoms with E-state index in [9.17, 15) is 15.3 Å². The summed E-state index contributed by atoms with van der Waals surface area (Å²) in [6.07, 6.45) is 15.5. The molecule has 0 radical (unpaired) electrons. The zero-order valence-electron chi connectivity index (χ0n) is 35.4. The van der Waals surface area contributed by atoms with E-state index < -0.39 is 5.60 Å². The summed E-state index contributed by atoms with van der Waals surface area (Å²) >= 11 is 0. The molecule has 1 spiro atoms. The van der Waals surface area contributed by atoms with Crippen LogP contribution >= 0.6 is 0 Å². The minimum absolute atomic E-state index is 0.0234. The fraction of sp³-hybridized carbons (Fsp3) is 0.731. The van der Waals surface area contributed by atoms with Gasteiger partial charge in [0.2, 0.25) is 0 Å². The van der Waals surface area contributed by atoms with Crippen molar-refractivity contribution in [3.8, 4) is 0 Å². The van der Waals surface area contributed by atoms with Gasteiger partial charge in [0, 0.05) is 19.1 Å². The van der Waals surface area contributed by atoms with Crippen LogP contribution in [-0.4, -0.2) is 57.2 Å². The van der Waals surface area contributed by atoms with Crippen LogP contribution < -0.4 is 0 Å². The molecule has 2 heterocycles. The van der Waals surface area contributed by atoms with Crippen LogP contribution in [0.4, 0.5) is 0 Å². The molecule has 7 aliphatic rings. The molecule has 3 N–H and O–H groups in total. The molecule has 5 aliphatic carbocycles. The molecule has 16 unspecified atom stereocenters. The number of nitrogens with zero attached hydrogens (tertiary/aromatic N) is 1. The molecule has 2 aliphatic heterocycles. The number of rotatable bonds is 6. The molecule has 56 heavy (non-hydrogen) atoms. The van der Waals surface area contributed by atoms with Crippen LogP contribution in [0.2, 0.25) is 0 Å². The van der Waals surface area contributed by atoms with E-state index in [0.717, 1.165) is 57.4 Å². The number of piperidine rings is 2. The molecule has 3 aromatic carbocycles. The van der Waals surface area contributed by atoms with Crippen LogP contribution in [0.15, 0.2) is 54.6 Å². The highest BCUT2D eigenvalue weighted by Gasteiger charge is 2.67. The van der Waals surface area contributed by atoms with Crippen molar-refractivity contribution in [2.45, 2.75) is 154 Å². The molecule has 5 saturated carbocycles. The van der Waals surface area contributed by atoms with E-state index in [1.54, 1.807) is 0 Å². The zero-order valence-corrected chi connectivity index (χ0v) is 35.4. The van der Waals surface area contributed by atoms with Crippen molar-refractivity contribution in [1.82, 2.24) is 4.90 Å². The number of hydrogen-bond acceptors (Lipinski definition) is 4. The molecule has 16 atom stereocenters. The van der Waals surface area contributed by atoms with Gasteiger partial charge in [-0.05, 0) is 206 Å². The van der Waals surface area contributed by atoms with Crippen molar-refractivity contribution in [1.29, 1.82) is 0 Å². The lowest BCUT2D eigenvalue weighted by Crippen LogP contribution is -2.67. The molecule has 7 fully saturated rings. The average molecular weight is 760 g/mol. The van der Waals surface area contributed by atoms with E-state index in [-0.39, 0.29) is 29.0 Å². The molecule has 304 valence electrons. The molecule has 3 aromatic rings. The van der Waals surface area contributed by atoms with Gasteiger partial charge in [0.05, 0.1) is 17.8 Å². The molecule has 10 rings (SSSR count). The Labute approximate surface area is 338 Å². The first-order chi connectivity index (χ1) is 26.8. The van der Waals surface area contributed by atoms with Gasteiger partial charge in [0.15, 0.2) is 0 Å². The third kappa shape index (κ3) is 6.18. The fourth-order valence-electron chi connectivity index (χ4n) is 16.5. The second kappa shape index (κ2) is 14.1. The maximum absolute atomic E-state index is 12.3. The Balaban J connectivity index is 0.896. The van der Waals surface area contributed by atoms with Gasteiger partial charge in [-0.1, -0.05) is 76.6 Å². The highest BCUT2D eigenvalue weighted by molar-refractivity contribution is 5.98. The maximum Gasteiger partial charge on any atom is 0.0805 e. The molecule has 4 nitrogen and oxygen atoms in total. The molecule has 2 saturated heterocycles. The van der Waals surface area contributed by atoms with E-state index in [2.05, 4.69) is 94.1 Å². The standard InChI is InChI=1S/C52H73NO3/c1-31(2)10-12-36(37-13-14-38-21-34-8-6-7-9-35(34)22-39(38)23-37)20-33-18-19-52(27-33)30-50(4)45-24-41-40(42(45)25-47(54)46(50)26-49(52)55)15-16-44-43(41)29-53-28-32(3)11-17-48(53)51(44,5)56/h6-9,13-14,21-23,31-33,36,40-49,54-56H,10-12,15-20,24-30H2,1-5H3. The topological polar surface area (TPSA) is 63.9 Å². The second-order valence-electron chi connectivity index (χ2n) is 22.6. The lowest BCUT2D eigenvalue weighted by Gasteiger charge is -2.60. The molecule has 0 bridgehead atoms. The van der Waals surface area contributed by atoms with Gasteiger partial charge in [-0.15, -0.1) is 0 Å². The van der Waals surface area contributed by atoms with Crippen molar-refractivity contribution < 1.29 is 15.3 Å². The number of fused-ring (bicyclic) bond motifs is 10. The first-order valence-corrected chi connectivity index (χ1v) is 23.6. The fourth-order valence-corrected chi connectivity index (χ4v) is 16.5. The monoisotopic (exact) mass is 760 g/mol. The Hall–Kier alpha value is -1.98. The van der Waals surface area contributed by atoms with E-state index in [4.69, 9.17) is 0 Å². The summed E-state index contributed by atoms with van der Waals surface area (Å²) < 4.78 is 0.